The van der Waals surface area contributed by atoms with E-state index < -0.39 is 29.7 Å². The van der Waals surface area contributed by atoms with Crippen molar-refractivity contribution in [1.82, 2.24) is 9.96 Å². The molecule has 2 aromatic rings. The van der Waals surface area contributed by atoms with E-state index in [4.69, 9.17) is 4.74 Å². The predicted octanol–water partition coefficient (Wildman–Crippen LogP) is 3.13. The fraction of sp³-hybridized carbons (Fsp3) is 0.286. The van der Waals surface area contributed by atoms with E-state index in [9.17, 15) is 19.6 Å². The molecular weight excluding hydrogens is 388 g/mol. The molecule has 2 N–H and O–H groups in total. The lowest BCUT2D eigenvalue weighted by Gasteiger charge is -2.38. The Hall–Kier alpha value is -3.59. The highest BCUT2D eigenvalue weighted by Gasteiger charge is 2.56. The van der Waals surface area contributed by atoms with Gasteiger partial charge in [-0.3, -0.25) is 14.9 Å². The minimum atomic E-state index is -1.12. The lowest BCUT2D eigenvalue weighted by atomic mass is 10.00. The third-order valence-corrected chi connectivity index (χ3v) is 5.02. The van der Waals surface area contributed by atoms with Gasteiger partial charge in [-0.1, -0.05) is 36.4 Å². The molecule has 4 amide bonds. The van der Waals surface area contributed by atoms with E-state index in [1.807, 2.05) is 0 Å². The second-order valence-electron chi connectivity index (χ2n) is 7.32. The van der Waals surface area contributed by atoms with Gasteiger partial charge in [0, 0.05) is 11.4 Å². The predicted molar refractivity (Wildman–Crippen MR) is 110 cm³/mol. The molecule has 1 heterocycles. The summed E-state index contributed by atoms with van der Waals surface area (Å²) in [4.78, 5) is 40.5. The van der Waals surface area contributed by atoms with Crippen LogP contribution in [0.15, 0.2) is 60.7 Å². The van der Waals surface area contributed by atoms with Crippen LogP contribution in [0.2, 0.25) is 0 Å². The summed E-state index contributed by atoms with van der Waals surface area (Å²) >= 11 is 0. The summed E-state index contributed by atoms with van der Waals surface area (Å²) in [5, 5.41) is 13.9. The van der Waals surface area contributed by atoms with Gasteiger partial charge in [-0.25, -0.2) is 9.59 Å². The lowest BCUT2D eigenvalue weighted by Crippen LogP contribution is -2.58. The van der Waals surface area contributed by atoms with E-state index in [0.29, 0.717) is 16.4 Å². The van der Waals surface area contributed by atoms with E-state index in [-0.39, 0.29) is 6.54 Å². The molecule has 1 saturated heterocycles. The molecule has 1 aliphatic rings. The number of hydrogen-bond acceptors (Lipinski definition) is 5. The second kappa shape index (κ2) is 8.42. The van der Waals surface area contributed by atoms with E-state index in [1.165, 1.54) is 16.9 Å². The fourth-order valence-electron chi connectivity index (χ4n) is 3.46. The van der Waals surface area contributed by atoms with E-state index in [1.54, 1.807) is 74.5 Å². The average Bonchev–Trinajstić information content (AvgIpc) is 2.94. The van der Waals surface area contributed by atoms with Crippen molar-refractivity contribution in [2.24, 2.45) is 0 Å². The van der Waals surface area contributed by atoms with Crippen molar-refractivity contribution in [1.29, 1.82) is 0 Å². The zero-order chi connectivity index (χ0) is 21.9. The van der Waals surface area contributed by atoms with Gasteiger partial charge >= 0.3 is 18.0 Å². The zero-order valence-electron chi connectivity index (χ0n) is 17.0. The molecular formula is C21H24N4O5. The SMILES string of the molecule is COC(=O)CN1C(=O)N(c2ccccc2)[C@H](N(O)C(=O)Nc2ccccc2)C1(C)C. The van der Waals surface area contributed by atoms with E-state index >= 15 is 0 Å². The van der Waals surface area contributed by atoms with E-state index in [0.717, 1.165) is 0 Å². The molecule has 9 nitrogen and oxygen atoms in total. The number of benzene rings is 2. The maximum atomic E-state index is 13.2. The lowest BCUT2D eigenvalue weighted by molar-refractivity contribution is -0.143. The minimum absolute atomic E-state index is 0.323. The van der Waals surface area contributed by atoms with Crippen molar-refractivity contribution in [3.8, 4) is 0 Å². The van der Waals surface area contributed by atoms with Crippen LogP contribution in [0.3, 0.4) is 0 Å². The first kappa shape index (κ1) is 21.1. The summed E-state index contributed by atoms with van der Waals surface area (Å²) in [6.07, 6.45) is -1.11. The van der Waals surface area contributed by atoms with Crippen LogP contribution in [-0.4, -0.2) is 58.6 Å². The number of ether oxygens (including phenoxy) is 1. The Kier molecular flexibility index (Phi) is 5.93. The molecule has 30 heavy (non-hydrogen) atoms. The number of methoxy groups -OCH3 is 1. The van der Waals surface area contributed by atoms with Crippen LogP contribution in [0.5, 0.6) is 0 Å². The highest BCUT2D eigenvalue weighted by Crippen LogP contribution is 2.37. The fourth-order valence-corrected chi connectivity index (χ4v) is 3.46. The van der Waals surface area contributed by atoms with Crippen LogP contribution >= 0.6 is 0 Å². The highest BCUT2D eigenvalue weighted by atomic mass is 16.5. The number of rotatable bonds is 5. The summed E-state index contributed by atoms with van der Waals surface area (Å²) in [5.74, 6) is -0.608. The number of para-hydroxylation sites is 2. The average molecular weight is 412 g/mol. The molecule has 0 bridgehead atoms. The summed E-state index contributed by atoms with van der Waals surface area (Å²) in [6.45, 7) is 3.01. The number of nitrogens with zero attached hydrogens (tertiary/aromatic N) is 3. The summed E-state index contributed by atoms with van der Waals surface area (Å²) in [5.41, 5.74) is -0.162. The topological polar surface area (TPSA) is 102 Å². The Labute approximate surface area is 174 Å². The second-order valence-corrected chi connectivity index (χ2v) is 7.32. The first-order chi connectivity index (χ1) is 14.3. The van der Waals surface area contributed by atoms with Gasteiger partial charge in [0.05, 0.1) is 12.6 Å². The summed E-state index contributed by atoms with van der Waals surface area (Å²) in [7, 11) is 1.23. The van der Waals surface area contributed by atoms with Crippen molar-refractivity contribution in [2.45, 2.75) is 25.6 Å². The first-order valence-electron chi connectivity index (χ1n) is 9.34. The van der Waals surface area contributed by atoms with Crippen LogP contribution < -0.4 is 10.2 Å². The van der Waals surface area contributed by atoms with E-state index in [2.05, 4.69) is 5.32 Å². The van der Waals surface area contributed by atoms with Crippen LogP contribution in [0, 0.1) is 0 Å². The maximum Gasteiger partial charge on any atom is 0.347 e. The molecule has 0 unspecified atom stereocenters. The molecule has 0 saturated carbocycles. The Morgan fingerprint density at radius 3 is 2.23 bits per heavy atom. The third kappa shape index (κ3) is 3.92. The smallest absolute Gasteiger partial charge is 0.347 e. The van der Waals surface area contributed by atoms with Crippen LogP contribution in [0.1, 0.15) is 13.8 Å². The van der Waals surface area contributed by atoms with Gasteiger partial charge < -0.3 is 15.0 Å². The van der Waals surface area contributed by atoms with Crippen LogP contribution in [0.4, 0.5) is 21.0 Å². The van der Waals surface area contributed by atoms with Crippen LogP contribution in [0.25, 0.3) is 0 Å². The third-order valence-electron chi connectivity index (χ3n) is 5.02. The summed E-state index contributed by atoms with van der Waals surface area (Å²) < 4.78 is 4.71. The Morgan fingerprint density at radius 2 is 1.67 bits per heavy atom. The van der Waals surface area contributed by atoms with Crippen LogP contribution in [-0.2, 0) is 9.53 Å². The molecule has 3 rings (SSSR count). The van der Waals surface area contributed by atoms with Gasteiger partial charge in [-0.05, 0) is 38.1 Å². The number of hydroxylamine groups is 2. The Balaban J connectivity index is 1.97. The number of amides is 4. The van der Waals surface area contributed by atoms with Crippen molar-refractivity contribution < 1.29 is 24.3 Å². The standard InChI is InChI=1S/C21H24N4O5/c1-21(2)18(25(29)19(27)22-15-10-6-4-7-11-15)24(16-12-8-5-9-13-16)20(28)23(21)14-17(26)30-3/h4-13,18,29H,14H2,1-3H3,(H,22,27)/t18-/m1/s1. The van der Waals surface area contributed by atoms with Gasteiger partial charge in [0.1, 0.15) is 6.54 Å². The molecule has 1 aliphatic heterocycles. The Morgan fingerprint density at radius 1 is 1.10 bits per heavy atom. The van der Waals surface area contributed by atoms with Crippen molar-refractivity contribution in [3.63, 3.8) is 0 Å². The molecule has 158 valence electrons. The number of hydrogen-bond donors (Lipinski definition) is 2. The molecule has 1 atom stereocenters. The molecule has 1 fully saturated rings. The van der Waals surface area contributed by atoms with Gasteiger partial charge in [-0.2, -0.15) is 5.06 Å². The molecule has 0 radical (unpaired) electrons. The van der Waals surface area contributed by atoms with Gasteiger partial charge in [0.2, 0.25) is 0 Å². The molecule has 0 spiro atoms. The number of carbonyl (C=O) groups excluding carboxylic acids is 3. The van der Waals surface area contributed by atoms with Gasteiger partial charge in [0.15, 0.2) is 6.17 Å². The number of anilines is 2. The number of esters is 1. The molecule has 2 aromatic carbocycles. The van der Waals surface area contributed by atoms with Crippen molar-refractivity contribution >= 4 is 29.4 Å². The highest BCUT2D eigenvalue weighted by molar-refractivity contribution is 5.99. The number of urea groups is 2. The maximum absolute atomic E-state index is 13.2. The largest absolute Gasteiger partial charge is 0.468 e. The normalized spacial score (nSPS) is 17.6. The minimum Gasteiger partial charge on any atom is -0.468 e. The monoisotopic (exact) mass is 412 g/mol. The molecule has 0 aromatic heterocycles. The zero-order valence-corrected chi connectivity index (χ0v) is 17.0. The molecule has 9 heteroatoms. The first-order valence-corrected chi connectivity index (χ1v) is 9.34. The van der Waals surface area contributed by atoms with Crippen molar-refractivity contribution in [3.05, 3.63) is 60.7 Å². The number of carbonyl (C=O) groups is 3. The number of nitrogens with one attached hydrogen (secondary N) is 1. The Bertz CT molecular complexity index is 920. The van der Waals surface area contributed by atoms with Gasteiger partial charge in [0.25, 0.3) is 0 Å². The summed E-state index contributed by atoms with van der Waals surface area (Å²) in [6, 6.07) is 15.9. The van der Waals surface area contributed by atoms with Crippen molar-refractivity contribution in [2.75, 3.05) is 23.9 Å². The van der Waals surface area contributed by atoms with Gasteiger partial charge in [-0.15, -0.1) is 0 Å². The quantitative estimate of drug-likeness (QED) is 0.446. The molecule has 0 aliphatic carbocycles.